The fourth-order valence-electron chi connectivity index (χ4n) is 2.39. The molecule has 92 valence electrons. The molecule has 3 atom stereocenters. The summed E-state index contributed by atoms with van der Waals surface area (Å²) in [5, 5.41) is 14.9. The van der Waals surface area contributed by atoms with E-state index in [2.05, 4.69) is 5.10 Å². The molecule has 3 unspecified atom stereocenters. The van der Waals surface area contributed by atoms with Crippen LogP contribution >= 0.6 is 0 Å². The van der Waals surface area contributed by atoms with Crippen molar-refractivity contribution >= 4 is 5.69 Å². The zero-order valence-corrected chi connectivity index (χ0v) is 9.41. The van der Waals surface area contributed by atoms with Gasteiger partial charge in [0, 0.05) is 13.5 Å². The third-order valence-corrected chi connectivity index (χ3v) is 3.32. The lowest BCUT2D eigenvalue weighted by molar-refractivity contribution is -0.386. The Morgan fingerprint density at radius 1 is 1.59 bits per heavy atom. The molecule has 0 aromatic carbocycles. The molecule has 0 spiro atoms. The monoisotopic (exact) mass is 239 g/mol. The van der Waals surface area contributed by atoms with Crippen LogP contribution in [0.2, 0.25) is 0 Å². The molecular formula is C10H13N3O4. The lowest BCUT2D eigenvalue weighted by atomic mass is 10.1. The molecule has 7 nitrogen and oxygen atoms in total. The molecule has 17 heavy (non-hydrogen) atoms. The Labute approximate surface area is 97.5 Å². The van der Waals surface area contributed by atoms with Crippen LogP contribution in [0.5, 0.6) is 0 Å². The van der Waals surface area contributed by atoms with E-state index in [0.717, 1.165) is 6.42 Å². The summed E-state index contributed by atoms with van der Waals surface area (Å²) in [4.78, 5) is 10.5. The average molecular weight is 239 g/mol. The summed E-state index contributed by atoms with van der Waals surface area (Å²) in [5.41, 5.74) is 0.558. The van der Waals surface area contributed by atoms with E-state index in [9.17, 15) is 10.1 Å². The van der Waals surface area contributed by atoms with E-state index >= 15 is 0 Å². The van der Waals surface area contributed by atoms with E-state index in [1.54, 1.807) is 7.05 Å². The molecule has 1 aromatic rings. The van der Waals surface area contributed by atoms with E-state index in [1.807, 2.05) is 0 Å². The minimum absolute atomic E-state index is 0.0246. The topological polar surface area (TPSA) is 82.7 Å². The van der Waals surface area contributed by atoms with Crippen LogP contribution in [0.25, 0.3) is 0 Å². The number of fused-ring (bicyclic) bond motifs is 1. The van der Waals surface area contributed by atoms with Crippen LogP contribution in [0.3, 0.4) is 0 Å². The summed E-state index contributed by atoms with van der Waals surface area (Å²) in [6.07, 6.45) is 3.00. The van der Waals surface area contributed by atoms with Gasteiger partial charge in [-0.05, 0) is 6.42 Å². The molecule has 2 saturated heterocycles. The molecule has 0 bridgehead atoms. The highest BCUT2D eigenvalue weighted by Gasteiger charge is 2.44. The van der Waals surface area contributed by atoms with E-state index in [4.69, 9.17) is 9.47 Å². The molecule has 0 aliphatic carbocycles. The molecule has 2 fully saturated rings. The lowest BCUT2D eigenvalue weighted by Crippen LogP contribution is -2.12. The Bertz CT molecular complexity index is 458. The van der Waals surface area contributed by atoms with Gasteiger partial charge in [0.05, 0.1) is 23.7 Å². The number of hydrogen-bond donors (Lipinski definition) is 0. The highest BCUT2D eigenvalue weighted by Crippen LogP contribution is 2.40. The van der Waals surface area contributed by atoms with Crippen molar-refractivity contribution in [2.24, 2.45) is 7.05 Å². The molecule has 0 N–H and O–H groups in total. The highest BCUT2D eigenvalue weighted by molar-refractivity contribution is 5.35. The predicted octanol–water partition coefficient (Wildman–Crippen LogP) is 0.947. The van der Waals surface area contributed by atoms with Crippen LogP contribution in [0.4, 0.5) is 5.69 Å². The summed E-state index contributed by atoms with van der Waals surface area (Å²) in [6, 6.07) is 0. The van der Waals surface area contributed by atoms with Gasteiger partial charge in [-0.2, -0.15) is 5.10 Å². The Hall–Kier alpha value is -1.47. The number of aromatic nitrogens is 2. The van der Waals surface area contributed by atoms with E-state index in [-0.39, 0.29) is 24.0 Å². The largest absolute Gasteiger partial charge is 0.371 e. The second-order valence-electron chi connectivity index (χ2n) is 4.39. The van der Waals surface area contributed by atoms with Gasteiger partial charge in [-0.3, -0.25) is 14.8 Å². The van der Waals surface area contributed by atoms with Crippen molar-refractivity contribution in [3.63, 3.8) is 0 Å². The Kier molecular flexibility index (Phi) is 2.37. The van der Waals surface area contributed by atoms with Crippen molar-refractivity contribution in [1.82, 2.24) is 9.78 Å². The standard InChI is InChI=1S/C10H13N3O4/c1-12-10(6(5-11-12)13(14)15)9-4-8-7(17-8)2-3-16-9/h5,7-9H,2-4H2,1H3. The summed E-state index contributed by atoms with van der Waals surface area (Å²) >= 11 is 0. The molecule has 7 heteroatoms. The summed E-state index contributed by atoms with van der Waals surface area (Å²) in [6.45, 7) is 0.578. The number of nitrogens with zero attached hydrogens (tertiary/aromatic N) is 3. The first-order chi connectivity index (χ1) is 8.16. The Balaban J connectivity index is 1.91. The van der Waals surface area contributed by atoms with Crippen molar-refractivity contribution in [2.75, 3.05) is 6.61 Å². The van der Waals surface area contributed by atoms with Crippen molar-refractivity contribution in [1.29, 1.82) is 0 Å². The Morgan fingerprint density at radius 3 is 3.18 bits per heavy atom. The van der Waals surface area contributed by atoms with Gasteiger partial charge < -0.3 is 9.47 Å². The van der Waals surface area contributed by atoms with Gasteiger partial charge in [0.15, 0.2) is 0 Å². The number of ether oxygens (including phenoxy) is 2. The number of nitro groups is 1. The van der Waals surface area contributed by atoms with Crippen LogP contribution in [-0.2, 0) is 16.5 Å². The summed E-state index contributed by atoms with van der Waals surface area (Å²) in [7, 11) is 1.70. The molecule has 0 saturated carbocycles. The number of rotatable bonds is 2. The van der Waals surface area contributed by atoms with Crippen molar-refractivity contribution in [2.45, 2.75) is 31.2 Å². The van der Waals surface area contributed by atoms with Gasteiger partial charge in [0.25, 0.3) is 0 Å². The maximum atomic E-state index is 10.9. The third kappa shape index (κ3) is 1.81. The highest BCUT2D eigenvalue weighted by atomic mass is 16.6. The smallest absolute Gasteiger partial charge is 0.312 e. The fraction of sp³-hybridized carbons (Fsp3) is 0.700. The van der Waals surface area contributed by atoms with Gasteiger partial charge in [0.1, 0.15) is 18.0 Å². The van der Waals surface area contributed by atoms with Gasteiger partial charge in [-0.15, -0.1) is 0 Å². The maximum absolute atomic E-state index is 10.9. The van der Waals surface area contributed by atoms with Crippen LogP contribution in [0.15, 0.2) is 6.20 Å². The molecule has 1 aromatic heterocycles. The zero-order valence-electron chi connectivity index (χ0n) is 9.41. The molecule has 0 radical (unpaired) electrons. The van der Waals surface area contributed by atoms with Crippen LogP contribution < -0.4 is 0 Å². The zero-order chi connectivity index (χ0) is 12.0. The second-order valence-corrected chi connectivity index (χ2v) is 4.39. The summed E-state index contributed by atoms with van der Waals surface area (Å²) in [5.74, 6) is 0. The van der Waals surface area contributed by atoms with Crippen LogP contribution in [-0.4, -0.2) is 33.5 Å². The quantitative estimate of drug-likeness (QED) is 0.436. The van der Waals surface area contributed by atoms with Crippen molar-refractivity contribution in [3.8, 4) is 0 Å². The molecule has 2 aliphatic heterocycles. The minimum Gasteiger partial charge on any atom is -0.371 e. The van der Waals surface area contributed by atoms with Crippen molar-refractivity contribution in [3.05, 3.63) is 22.0 Å². The number of aryl methyl sites for hydroxylation is 1. The van der Waals surface area contributed by atoms with E-state index in [0.29, 0.717) is 18.7 Å². The Morgan fingerprint density at radius 2 is 2.41 bits per heavy atom. The van der Waals surface area contributed by atoms with E-state index < -0.39 is 4.92 Å². The number of hydrogen-bond acceptors (Lipinski definition) is 5. The second kappa shape index (κ2) is 3.78. The lowest BCUT2D eigenvalue weighted by Gasteiger charge is -2.15. The van der Waals surface area contributed by atoms with Gasteiger partial charge in [-0.1, -0.05) is 0 Å². The van der Waals surface area contributed by atoms with Gasteiger partial charge >= 0.3 is 5.69 Å². The van der Waals surface area contributed by atoms with Crippen molar-refractivity contribution < 1.29 is 14.4 Å². The summed E-state index contributed by atoms with van der Waals surface area (Å²) < 4.78 is 12.6. The molecule has 2 aliphatic rings. The first kappa shape index (κ1) is 10.7. The normalized spacial score (nSPS) is 31.7. The molecule has 0 amide bonds. The average Bonchev–Trinajstić information content (AvgIpc) is 2.91. The fourth-order valence-corrected chi connectivity index (χ4v) is 2.39. The molecule has 3 rings (SSSR count). The first-order valence-electron chi connectivity index (χ1n) is 5.60. The van der Waals surface area contributed by atoms with Gasteiger partial charge in [0.2, 0.25) is 0 Å². The maximum Gasteiger partial charge on any atom is 0.312 e. The van der Waals surface area contributed by atoms with Crippen LogP contribution in [0, 0.1) is 10.1 Å². The molecule has 3 heterocycles. The van der Waals surface area contributed by atoms with E-state index in [1.165, 1.54) is 10.9 Å². The predicted molar refractivity (Wildman–Crippen MR) is 56.5 cm³/mol. The first-order valence-corrected chi connectivity index (χ1v) is 5.60. The third-order valence-electron chi connectivity index (χ3n) is 3.32. The van der Waals surface area contributed by atoms with Gasteiger partial charge in [-0.25, -0.2) is 0 Å². The molecular weight excluding hydrogens is 226 g/mol. The van der Waals surface area contributed by atoms with Crippen LogP contribution in [0.1, 0.15) is 24.6 Å². The SMILES string of the molecule is Cn1ncc([N+](=O)[O-])c1C1CC2OC2CCO1. The number of epoxide rings is 1. The minimum atomic E-state index is -0.415.